The lowest BCUT2D eigenvalue weighted by atomic mass is 10.1. The molecule has 1 heterocycles. The fourth-order valence-electron chi connectivity index (χ4n) is 2.45. The molecule has 0 aliphatic carbocycles. The molecule has 0 atom stereocenters. The van der Waals surface area contributed by atoms with Crippen molar-refractivity contribution in [2.75, 3.05) is 29.4 Å². The smallest absolute Gasteiger partial charge is 0.258 e. The highest BCUT2D eigenvalue weighted by atomic mass is 32.2. The van der Waals surface area contributed by atoms with Crippen molar-refractivity contribution in [1.82, 2.24) is 10.3 Å². The lowest BCUT2D eigenvalue weighted by Gasteiger charge is -2.07. The summed E-state index contributed by atoms with van der Waals surface area (Å²) in [4.78, 5) is 28.2. The summed E-state index contributed by atoms with van der Waals surface area (Å²) >= 11 is 1.24. The van der Waals surface area contributed by atoms with Gasteiger partial charge in [0.05, 0.1) is 18.5 Å². The van der Waals surface area contributed by atoms with Gasteiger partial charge in [0.25, 0.3) is 5.91 Å². The van der Waals surface area contributed by atoms with E-state index in [1.807, 2.05) is 6.07 Å². The van der Waals surface area contributed by atoms with Gasteiger partial charge >= 0.3 is 0 Å². The number of anilines is 2. The number of thiazole rings is 1. The minimum Gasteiger partial charge on any atom is -0.484 e. The van der Waals surface area contributed by atoms with Gasteiger partial charge in [-0.15, -0.1) is 11.3 Å². The lowest BCUT2D eigenvalue weighted by Crippen LogP contribution is -2.35. The predicted molar refractivity (Wildman–Crippen MR) is 120 cm³/mol. The number of sulfonamides is 1. The summed E-state index contributed by atoms with van der Waals surface area (Å²) in [5.41, 5.74) is 1.84. The van der Waals surface area contributed by atoms with Gasteiger partial charge in [-0.2, -0.15) is 0 Å². The maximum Gasteiger partial charge on any atom is 0.258 e. The number of aromatic nitrogens is 1. The van der Waals surface area contributed by atoms with Crippen LogP contribution in [-0.4, -0.2) is 44.6 Å². The normalized spacial score (nSPS) is 10.9. The number of carbonyl (C=O) groups excluding carboxylic acids is 2. The van der Waals surface area contributed by atoms with E-state index in [1.165, 1.54) is 11.3 Å². The van der Waals surface area contributed by atoms with Crippen molar-refractivity contribution in [2.45, 2.75) is 0 Å². The number of para-hydroxylation sites is 1. The van der Waals surface area contributed by atoms with Crippen LogP contribution >= 0.6 is 11.3 Å². The van der Waals surface area contributed by atoms with Gasteiger partial charge in [-0.3, -0.25) is 14.3 Å². The largest absolute Gasteiger partial charge is 0.484 e. The second-order valence-electron chi connectivity index (χ2n) is 6.42. The van der Waals surface area contributed by atoms with E-state index in [-0.39, 0.29) is 13.2 Å². The summed E-state index contributed by atoms with van der Waals surface area (Å²) in [5.74, 6) is -0.263. The number of rotatable bonds is 9. The van der Waals surface area contributed by atoms with Gasteiger partial charge in [-0.05, 0) is 24.3 Å². The van der Waals surface area contributed by atoms with Crippen molar-refractivity contribution in [3.05, 3.63) is 60.0 Å². The lowest BCUT2D eigenvalue weighted by molar-refractivity contribution is -0.125. The van der Waals surface area contributed by atoms with E-state index >= 15 is 0 Å². The molecule has 3 aromatic rings. The van der Waals surface area contributed by atoms with Crippen molar-refractivity contribution in [2.24, 2.45) is 0 Å². The van der Waals surface area contributed by atoms with E-state index in [9.17, 15) is 18.0 Å². The Bertz CT molecular complexity index is 1150. The average Bonchev–Trinajstić information content (AvgIpc) is 3.19. The second-order valence-corrected chi connectivity index (χ2v) is 9.02. The molecule has 31 heavy (non-hydrogen) atoms. The Morgan fingerprint density at radius 3 is 2.42 bits per heavy atom. The Morgan fingerprint density at radius 2 is 1.74 bits per heavy atom. The number of amides is 2. The molecule has 3 rings (SSSR count). The quantitative estimate of drug-likeness (QED) is 0.450. The van der Waals surface area contributed by atoms with Crippen molar-refractivity contribution in [3.8, 4) is 17.0 Å². The molecule has 0 unspecified atom stereocenters. The highest BCUT2D eigenvalue weighted by molar-refractivity contribution is 7.92. The molecule has 3 N–H and O–H groups in total. The van der Waals surface area contributed by atoms with Crippen LogP contribution in [0.3, 0.4) is 0 Å². The molecule has 0 saturated heterocycles. The molecule has 0 bridgehead atoms. The average molecular weight is 461 g/mol. The molecule has 0 radical (unpaired) electrons. The summed E-state index contributed by atoms with van der Waals surface area (Å²) in [6.45, 7) is -0.402. The van der Waals surface area contributed by atoms with Gasteiger partial charge < -0.3 is 15.4 Å². The maximum absolute atomic E-state index is 12.0. The Hall–Kier alpha value is -3.44. The van der Waals surface area contributed by atoms with Crippen molar-refractivity contribution >= 4 is 44.0 Å². The molecule has 11 heteroatoms. The number of hydrogen-bond donors (Lipinski definition) is 3. The van der Waals surface area contributed by atoms with Crippen LogP contribution in [0.15, 0.2) is 60.0 Å². The SMILES string of the molecule is CS(=O)(=O)Nc1ccc(-c2csc(NC(=O)CNC(=O)COc3ccccc3)n2)cc1. The molecule has 0 spiro atoms. The van der Waals surface area contributed by atoms with Crippen molar-refractivity contribution in [1.29, 1.82) is 0 Å². The second kappa shape index (κ2) is 10.0. The minimum atomic E-state index is -3.34. The van der Waals surface area contributed by atoms with Crippen molar-refractivity contribution < 1.29 is 22.7 Å². The Morgan fingerprint density at radius 1 is 1.03 bits per heavy atom. The third-order valence-electron chi connectivity index (χ3n) is 3.79. The zero-order chi connectivity index (χ0) is 22.3. The Balaban J connectivity index is 1.46. The van der Waals surface area contributed by atoms with Crippen LogP contribution in [-0.2, 0) is 19.6 Å². The molecular formula is C20H20N4O5S2. The highest BCUT2D eigenvalue weighted by Gasteiger charge is 2.10. The van der Waals surface area contributed by atoms with E-state index in [1.54, 1.807) is 53.9 Å². The molecule has 0 aliphatic heterocycles. The minimum absolute atomic E-state index is 0.192. The third kappa shape index (κ3) is 7.39. The van der Waals surface area contributed by atoms with Gasteiger partial charge in [-0.1, -0.05) is 30.3 Å². The maximum atomic E-state index is 12.0. The first-order valence-electron chi connectivity index (χ1n) is 9.07. The number of ether oxygens (including phenoxy) is 1. The number of nitrogens with zero attached hydrogens (tertiary/aromatic N) is 1. The van der Waals surface area contributed by atoms with Gasteiger partial charge in [0.15, 0.2) is 11.7 Å². The zero-order valence-electron chi connectivity index (χ0n) is 16.5. The van der Waals surface area contributed by atoms with Crippen LogP contribution < -0.4 is 20.1 Å². The Kier molecular flexibility index (Phi) is 7.21. The first kappa shape index (κ1) is 22.2. The standard InChI is InChI=1S/C20H20N4O5S2/c1-31(27,28)24-15-9-7-14(8-10-15)17-13-30-20(22-17)23-18(25)11-21-19(26)12-29-16-5-3-2-4-6-16/h2-10,13,24H,11-12H2,1H3,(H,21,26)(H,22,23,25). The molecule has 0 saturated carbocycles. The van der Waals surface area contributed by atoms with Crippen molar-refractivity contribution in [3.63, 3.8) is 0 Å². The highest BCUT2D eigenvalue weighted by Crippen LogP contribution is 2.26. The summed E-state index contributed by atoms with van der Waals surface area (Å²) in [6, 6.07) is 15.6. The fourth-order valence-corrected chi connectivity index (χ4v) is 3.75. The van der Waals surface area contributed by atoms with Crippen LogP contribution in [0.4, 0.5) is 10.8 Å². The first-order chi connectivity index (χ1) is 14.8. The summed E-state index contributed by atoms with van der Waals surface area (Å²) in [7, 11) is -3.34. The Labute approximate surface area is 183 Å². The first-order valence-corrected chi connectivity index (χ1v) is 11.8. The fraction of sp³-hybridized carbons (Fsp3) is 0.150. The molecule has 0 fully saturated rings. The summed E-state index contributed by atoms with van der Waals surface area (Å²) < 4.78 is 30.2. The summed E-state index contributed by atoms with van der Waals surface area (Å²) in [6.07, 6.45) is 1.08. The molecule has 1 aromatic heterocycles. The summed E-state index contributed by atoms with van der Waals surface area (Å²) in [5, 5.41) is 7.25. The molecular weight excluding hydrogens is 440 g/mol. The van der Waals surface area contributed by atoms with Gasteiger partial charge in [-0.25, -0.2) is 13.4 Å². The van der Waals surface area contributed by atoms with Crippen LogP contribution in [0.5, 0.6) is 5.75 Å². The van der Waals surface area contributed by atoms with E-state index in [4.69, 9.17) is 4.74 Å². The molecule has 162 valence electrons. The topological polar surface area (TPSA) is 126 Å². The molecule has 9 nitrogen and oxygen atoms in total. The van der Waals surface area contributed by atoms with Crippen LogP contribution in [0, 0.1) is 0 Å². The monoisotopic (exact) mass is 460 g/mol. The molecule has 2 aromatic carbocycles. The van der Waals surface area contributed by atoms with E-state index < -0.39 is 21.8 Å². The predicted octanol–water partition coefficient (Wildman–Crippen LogP) is 2.32. The van der Waals surface area contributed by atoms with E-state index in [0.717, 1.165) is 11.8 Å². The van der Waals surface area contributed by atoms with Gasteiger partial charge in [0, 0.05) is 16.6 Å². The number of hydrogen-bond acceptors (Lipinski definition) is 7. The van der Waals surface area contributed by atoms with Gasteiger partial charge in [0.1, 0.15) is 5.75 Å². The van der Waals surface area contributed by atoms with E-state index in [2.05, 4.69) is 20.3 Å². The van der Waals surface area contributed by atoms with Crippen LogP contribution in [0.1, 0.15) is 0 Å². The molecule has 2 amide bonds. The number of benzene rings is 2. The van der Waals surface area contributed by atoms with E-state index in [0.29, 0.717) is 22.3 Å². The van der Waals surface area contributed by atoms with Gasteiger partial charge in [0.2, 0.25) is 15.9 Å². The molecule has 0 aliphatic rings. The third-order valence-corrected chi connectivity index (χ3v) is 5.16. The number of carbonyl (C=O) groups is 2. The number of nitrogens with one attached hydrogen (secondary N) is 3. The zero-order valence-corrected chi connectivity index (χ0v) is 18.1. The van der Waals surface area contributed by atoms with Crippen LogP contribution in [0.25, 0.3) is 11.3 Å². The van der Waals surface area contributed by atoms with Crippen LogP contribution in [0.2, 0.25) is 0 Å².